The van der Waals surface area contributed by atoms with Gasteiger partial charge >= 0.3 is 0 Å². The van der Waals surface area contributed by atoms with Crippen LogP contribution in [0.15, 0.2) is 18.2 Å². The fourth-order valence-corrected chi connectivity index (χ4v) is 2.72. The maximum atomic E-state index is 13.6. The Morgan fingerprint density at radius 3 is 2.75 bits per heavy atom. The summed E-state index contributed by atoms with van der Waals surface area (Å²) in [5, 5.41) is 0.157. The first kappa shape index (κ1) is 11.8. The maximum absolute atomic E-state index is 13.6. The summed E-state index contributed by atoms with van der Waals surface area (Å²) >= 11 is 5.80. The molecule has 0 amide bonds. The highest BCUT2D eigenvalue weighted by molar-refractivity contribution is 7.70. The molecule has 1 aromatic rings. The molecule has 0 aliphatic heterocycles. The maximum Gasteiger partial charge on any atom is 0.272 e. The Morgan fingerprint density at radius 1 is 1.44 bits per heavy atom. The van der Waals surface area contributed by atoms with Crippen LogP contribution in [0.25, 0.3) is 0 Å². The van der Waals surface area contributed by atoms with E-state index in [0.29, 0.717) is 5.56 Å². The van der Waals surface area contributed by atoms with Crippen molar-refractivity contribution >= 4 is 22.5 Å². The van der Waals surface area contributed by atoms with E-state index < -0.39 is 29.3 Å². The van der Waals surface area contributed by atoms with Gasteiger partial charge in [-0.3, -0.25) is 0 Å². The zero-order valence-corrected chi connectivity index (χ0v) is 9.56. The number of hydrogen-bond acceptors (Lipinski definition) is 2. The number of benzene rings is 1. The summed E-state index contributed by atoms with van der Waals surface area (Å²) in [6.45, 7) is 0. The minimum Gasteiger partial charge on any atom is -0.215 e. The van der Waals surface area contributed by atoms with E-state index in [2.05, 4.69) is 0 Å². The molecule has 7 heteroatoms. The lowest BCUT2D eigenvalue weighted by atomic mass is 10.1. The highest BCUT2D eigenvalue weighted by atomic mass is 35.5. The number of rotatable bonds is 2. The van der Waals surface area contributed by atoms with E-state index in [0.717, 1.165) is 0 Å². The molecular formula is C9H8ClF2NO2S. The van der Waals surface area contributed by atoms with Gasteiger partial charge in [0.25, 0.3) is 5.92 Å². The number of hydrogen-bond donors (Lipinski definition) is 2. The van der Waals surface area contributed by atoms with Crippen LogP contribution in [0, 0.1) is 0 Å². The van der Waals surface area contributed by atoms with Gasteiger partial charge in [0, 0.05) is 11.4 Å². The van der Waals surface area contributed by atoms with Crippen LogP contribution in [0.3, 0.4) is 0 Å². The first-order chi connectivity index (χ1) is 7.42. The predicted octanol–water partition coefficient (Wildman–Crippen LogP) is 1.69. The van der Waals surface area contributed by atoms with Crippen molar-refractivity contribution in [3.05, 3.63) is 34.3 Å². The highest BCUT2D eigenvalue weighted by Crippen LogP contribution is 2.45. The van der Waals surface area contributed by atoms with Crippen LogP contribution >= 0.6 is 11.6 Å². The largest absolute Gasteiger partial charge is 0.272 e. The van der Waals surface area contributed by atoms with Gasteiger partial charge in [0.05, 0.1) is 0 Å². The standard InChI is InChI=1S/C9H8ClF2NO2S/c10-6-3-1-2-5-4-9(11,12)8(7(5)6)13-16(14)15/h1-3,8,16H,4H2,(H,13,14,15). The van der Waals surface area contributed by atoms with Gasteiger partial charge in [-0.25, -0.2) is 21.9 Å². The van der Waals surface area contributed by atoms with Gasteiger partial charge in [-0.2, -0.15) is 0 Å². The van der Waals surface area contributed by atoms with Gasteiger partial charge < -0.3 is 0 Å². The SMILES string of the molecule is O=[SH](=O)NC1c2c(Cl)cccc2CC1(F)F. The molecule has 0 bridgehead atoms. The third-order valence-corrected chi connectivity index (χ3v) is 3.31. The summed E-state index contributed by atoms with van der Waals surface area (Å²) in [5.41, 5.74) is 0.556. The molecule has 0 heterocycles. The molecule has 1 N–H and O–H groups in total. The molecule has 3 nitrogen and oxygen atoms in total. The molecule has 1 aromatic carbocycles. The van der Waals surface area contributed by atoms with E-state index >= 15 is 0 Å². The van der Waals surface area contributed by atoms with Gasteiger partial charge in [-0.05, 0) is 17.2 Å². The molecule has 1 unspecified atom stereocenters. The fraction of sp³-hybridized carbons (Fsp3) is 0.333. The first-order valence-electron chi connectivity index (χ1n) is 4.47. The molecule has 1 atom stereocenters. The summed E-state index contributed by atoms with van der Waals surface area (Å²) in [7, 11) is -3.10. The van der Waals surface area contributed by atoms with Crippen molar-refractivity contribution in [1.82, 2.24) is 4.72 Å². The van der Waals surface area contributed by atoms with Crippen LogP contribution in [-0.2, 0) is 17.3 Å². The first-order valence-corrected chi connectivity index (χ1v) is 6.03. The molecular weight excluding hydrogens is 260 g/mol. The Kier molecular flexibility index (Phi) is 2.90. The number of alkyl halides is 2. The van der Waals surface area contributed by atoms with Gasteiger partial charge in [0.15, 0.2) is 0 Å². The monoisotopic (exact) mass is 267 g/mol. The third-order valence-electron chi connectivity index (χ3n) is 2.51. The Balaban J connectivity index is 2.51. The average molecular weight is 268 g/mol. The van der Waals surface area contributed by atoms with E-state index in [1.165, 1.54) is 12.1 Å². The summed E-state index contributed by atoms with van der Waals surface area (Å²) < 4.78 is 50.0. The van der Waals surface area contributed by atoms with Crippen LogP contribution in [0.2, 0.25) is 5.02 Å². The van der Waals surface area contributed by atoms with Crippen molar-refractivity contribution in [2.45, 2.75) is 18.4 Å². The number of fused-ring (bicyclic) bond motifs is 1. The molecule has 16 heavy (non-hydrogen) atoms. The molecule has 0 spiro atoms. The van der Waals surface area contributed by atoms with Crippen molar-refractivity contribution in [2.75, 3.05) is 0 Å². The summed E-state index contributed by atoms with van der Waals surface area (Å²) in [5.74, 6) is -3.14. The van der Waals surface area contributed by atoms with E-state index in [1.54, 1.807) is 6.07 Å². The molecule has 2 rings (SSSR count). The van der Waals surface area contributed by atoms with Crippen LogP contribution in [0.4, 0.5) is 8.78 Å². The van der Waals surface area contributed by atoms with Crippen LogP contribution in [0.5, 0.6) is 0 Å². The van der Waals surface area contributed by atoms with E-state index in [-0.39, 0.29) is 10.6 Å². The number of halogens is 3. The lowest BCUT2D eigenvalue weighted by molar-refractivity contribution is -0.0184. The quantitative estimate of drug-likeness (QED) is 0.801. The van der Waals surface area contributed by atoms with Gasteiger partial charge in [-0.1, -0.05) is 23.7 Å². The van der Waals surface area contributed by atoms with Crippen molar-refractivity contribution in [3.8, 4) is 0 Å². The van der Waals surface area contributed by atoms with Crippen molar-refractivity contribution in [2.24, 2.45) is 0 Å². The second-order valence-electron chi connectivity index (χ2n) is 3.57. The minimum atomic E-state index is -3.14. The van der Waals surface area contributed by atoms with Crippen LogP contribution in [0.1, 0.15) is 17.2 Å². The Labute approximate surface area is 97.5 Å². The Morgan fingerprint density at radius 2 is 2.12 bits per heavy atom. The Hall–Kier alpha value is -0.720. The second-order valence-corrected chi connectivity index (χ2v) is 4.75. The fourth-order valence-electron chi connectivity index (χ4n) is 1.89. The van der Waals surface area contributed by atoms with Crippen LogP contribution in [-0.4, -0.2) is 14.3 Å². The molecule has 0 fully saturated rings. The average Bonchev–Trinajstić information content (AvgIpc) is 2.38. The third kappa shape index (κ3) is 1.92. The topological polar surface area (TPSA) is 46.2 Å². The van der Waals surface area contributed by atoms with E-state index in [9.17, 15) is 17.2 Å². The summed E-state index contributed by atoms with van der Waals surface area (Å²) in [6, 6.07) is 3.00. The van der Waals surface area contributed by atoms with Crippen molar-refractivity contribution in [1.29, 1.82) is 0 Å². The van der Waals surface area contributed by atoms with Gasteiger partial charge in [-0.15, -0.1) is 0 Å². The van der Waals surface area contributed by atoms with Crippen molar-refractivity contribution < 1.29 is 17.2 Å². The van der Waals surface area contributed by atoms with E-state index in [4.69, 9.17) is 11.6 Å². The van der Waals surface area contributed by atoms with Crippen LogP contribution < -0.4 is 4.72 Å². The lowest BCUT2D eigenvalue weighted by Gasteiger charge is -2.18. The smallest absolute Gasteiger partial charge is 0.215 e. The van der Waals surface area contributed by atoms with Gasteiger partial charge in [0.2, 0.25) is 10.9 Å². The molecule has 0 saturated heterocycles. The highest BCUT2D eigenvalue weighted by Gasteiger charge is 2.48. The molecule has 0 saturated carbocycles. The normalized spacial score (nSPS) is 22.4. The minimum absolute atomic E-state index is 0.157. The Bertz CT molecular complexity index is 496. The second kappa shape index (κ2) is 3.94. The lowest BCUT2D eigenvalue weighted by Crippen LogP contribution is -2.33. The molecule has 1 aliphatic carbocycles. The number of thiol groups is 1. The predicted molar refractivity (Wildman–Crippen MR) is 56.3 cm³/mol. The molecule has 88 valence electrons. The van der Waals surface area contributed by atoms with E-state index in [1.807, 2.05) is 4.72 Å². The van der Waals surface area contributed by atoms with Crippen molar-refractivity contribution in [3.63, 3.8) is 0 Å². The molecule has 0 radical (unpaired) electrons. The van der Waals surface area contributed by atoms with Gasteiger partial charge in [0.1, 0.15) is 6.04 Å². The zero-order valence-electron chi connectivity index (χ0n) is 7.91. The zero-order chi connectivity index (χ0) is 11.9. The molecule has 1 aliphatic rings. The molecule has 0 aromatic heterocycles. The summed E-state index contributed by atoms with van der Waals surface area (Å²) in [6.07, 6.45) is -0.496. The summed E-state index contributed by atoms with van der Waals surface area (Å²) in [4.78, 5) is 0. The number of nitrogens with one attached hydrogen (secondary N) is 1.